The summed E-state index contributed by atoms with van der Waals surface area (Å²) in [4.78, 5) is 23.8. The van der Waals surface area contributed by atoms with E-state index in [-0.39, 0.29) is 24.0 Å². The van der Waals surface area contributed by atoms with Gasteiger partial charge in [0.2, 0.25) is 5.84 Å². The summed E-state index contributed by atoms with van der Waals surface area (Å²) in [6.07, 6.45) is 5.70. The second-order valence-corrected chi connectivity index (χ2v) is 11.5. The van der Waals surface area contributed by atoms with Crippen molar-refractivity contribution >= 4 is 34.4 Å². The quantitative estimate of drug-likeness (QED) is 0.227. The van der Waals surface area contributed by atoms with Gasteiger partial charge in [-0.15, -0.1) is 0 Å². The van der Waals surface area contributed by atoms with E-state index < -0.39 is 12.1 Å². The summed E-state index contributed by atoms with van der Waals surface area (Å²) >= 11 is 6.74. The molecule has 1 atom stereocenters. The molecule has 3 heterocycles. The summed E-state index contributed by atoms with van der Waals surface area (Å²) in [6.45, 7) is 3.97. The molecule has 41 heavy (non-hydrogen) atoms. The molecule has 1 fully saturated rings. The van der Waals surface area contributed by atoms with E-state index in [0.29, 0.717) is 40.1 Å². The summed E-state index contributed by atoms with van der Waals surface area (Å²) in [7, 11) is 2.18. The number of ether oxygens (including phenoxy) is 1. The van der Waals surface area contributed by atoms with Crippen molar-refractivity contribution in [2.45, 2.75) is 44.6 Å². The van der Waals surface area contributed by atoms with Crippen LogP contribution in [0.4, 0.5) is 8.78 Å². The molecule has 2 aliphatic heterocycles. The number of carboxylic acids is 1. The van der Waals surface area contributed by atoms with Crippen LogP contribution in [0.2, 0.25) is 5.02 Å². The van der Waals surface area contributed by atoms with Crippen molar-refractivity contribution in [1.29, 1.82) is 0 Å². The van der Waals surface area contributed by atoms with Crippen LogP contribution in [0, 0.1) is 5.92 Å². The van der Waals surface area contributed by atoms with E-state index >= 15 is 0 Å². The van der Waals surface area contributed by atoms with E-state index in [1.165, 1.54) is 25.1 Å². The molecule has 10 heteroatoms. The molecule has 5 rings (SSSR count). The number of aromatic amines is 1. The van der Waals surface area contributed by atoms with Crippen molar-refractivity contribution in [2.24, 2.45) is 10.9 Å². The highest BCUT2D eigenvalue weighted by atomic mass is 35.5. The molecule has 0 radical (unpaired) electrons. The number of imidazole rings is 1. The fourth-order valence-corrected chi connectivity index (χ4v) is 5.97. The highest BCUT2D eigenvalue weighted by Crippen LogP contribution is 2.34. The number of carbonyl (C=O) groups is 1. The smallest absolute Gasteiger partial charge is 0.419 e. The number of benzene rings is 2. The summed E-state index contributed by atoms with van der Waals surface area (Å²) in [6, 6.07) is 10.5. The van der Waals surface area contributed by atoms with Gasteiger partial charge in [0.1, 0.15) is 11.6 Å². The molecular formula is C31H34ClF2N4O3+. The van der Waals surface area contributed by atoms with Crippen LogP contribution in [0.25, 0.3) is 22.4 Å². The first-order valence-corrected chi connectivity index (χ1v) is 14.2. The Kier molecular flexibility index (Phi) is 8.29. The average molecular weight is 584 g/mol. The molecule has 2 N–H and O–H groups in total. The highest BCUT2D eigenvalue weighted by molar-refractivity contribution is 6.33. The number of rotatable bonds is 7. The maximum atomic E-state index is 13.9. The number of allylic oxidation sites excluding steroid dienone is 2. The van der Waals surface area contributed by atoms with Gasteiger partial charge >= 0.3 is 12.1 Å². The van der Waals surface area contributed by atoms with Crippen molar-refractivity contribution in [3.8, 4) is 17.1 Å². The molecule has 1 saturated heterocycles. The first-order chi connectivity index (χ1) is 19.5. The van der Waals surface area contributed by atoms with Gasteiger partial charge in [0.15, 0.2) is 0 Å². The molecular weight excluding hydrogens is 550 g/mol. The second-order valence-electron chi connectivity index (χ2n) is 11.0. The normalized spacial score (nSPS) is 23.5. The van der Waals surface area contributed by atoms with Gasteiger partial charge < -0.3 is 14.8 Å². The van der Waals surface area contributed by atoms with Gasteiger partial charge in [0.25, 0.3) is 0 Å². The van der Waals surface area contributed by atoms with Gasteiger partial charge in [-0.3, -0.25) is 9.28 Å². The zero-order chi connectivity index (χ0) is 29.2. The van der Waals surface area contributed by atoms with E-state index in [2.05, 4.69) is 29.2 Å². The van der Waals surface area contributed by atoms with Crippen LogP contribution >= 0.6 is 11.6 Å². The number of aliphatic imine (C=N–C) groups is 1. The minimum atomic E-state index is -3.40. The van der Waals surface area contributed by atoms with E-state index in [1.54, 1.807) is 6.07 Å². The topological polar surface area (TPSA) is 87.6 Å². The molecule has 216 valence electrons. The van der Waals surface area contributed by atoms with Crippen molar-refractivity contribution in [2.75, 3.05) is 26.7 Å². The highest BCUT2D eigenvalue weighted by Gasteiger charge is 2.35. The van der Waals surface area contributed by atoms with Crippen molar-refractivity contribution in [1.82, 2.24) is 9.97 Å². The third-order valence-corrected chi connectivity index (χ3v) is 8.33. The number of likely N-dealkylation sites (tertiary alicyclic amines) is 1. The predicted octanol–water partition coefficient (Wildman–Crippen LogP) is 7.20. The number of aromatic nitrogens is 2. The minimum absolute atomic E-state index is 0.0276. The Morgan fingerprint density at radius 1 is 1.22 bits per heavy atom. The molecule has 0 amide bonds. The molecule has 0 spiro atoms. The van der Waals surface area contributed by atoms with E-state index in [9.17, 15) is 13.6 Å². The molecule has 1 unspecified atom stereocenters. The SMILES string of the molecule is CC=CC(F)(F)Oc1ccc2nc(-c3ccc(C4C=CC([N+]5(C)CCC(CC(=O)O)CC5)=NCC4)cc3Cl)[nH]c2c1. The number of fused-ring (bicyclic) bond motifs is 1. The monoisotopic (exact) mass is 583 g/mol. The predicted molar refractivity (Wildman–Crippen MR) is 157 cm³/mol. The van der Waals surface area contributed by atoms with Crippen LogP contribution in [0.15, 0.2) is 65.7 Å². The van der Waals surface area contributed by atoms with Gasteiger partial charge in [-0.05, 0) is 49.1 Å². The maximum absolute atomic E-state index is 13.9. The maximum Gasteiger partial charge on any atom is 0.419 e. The Morgan fingerprint density at radius 2 is 2.00 bits per heavy atom. The van der Waals surface area contributed by atoms with Crippen LogP contribution in [0.1, 0.15) is 44.1 Å². The number of likely N-dealkylation sites (N-methyl/N-ethyl adjacent to an activating group) is 1. The number of halogens is 3. The number of alkyl halides is 2. The minimum Gasteiger partial charge on any atom is -0.481 e. The standard InChI is InChI=1S/C31H33ClF2N4O3/c1-3-13-31(33,34)41-23-6-8-26-27(19-23)37-30(36-26)24-7-4-22(18-25(24)32)21-5-9-28(35-14-10-21)38(2)15-11-20(12-16-38)17-29(39)40/h3-9,13,18-21H,10-12,14-17H2,1-2H3,(H-,36,37,39,40)/p+1. The number of hydrogen-bond acceptors (Lipinski definition) is 4. The number of nitrogens with one attached hydrogen (secondary N) is 1. The third kappa shape index (κ3) is 6.68. The summed E-state index contributed by atoms with van der Waals surface area (Å²) < 4.78 is 33.3. The van der Waals surface area contributed by atoms with Gasteiger partial charge in [-0.2, -0.15) is 8.78 Å². The molecule has 0 bridgehead atoms. The third-order valence-electron chi connectivity index (χ3n) is 8.01. The Morgan fingerprint density at radius 3 is 2.71 bits per heavy atom. The molecule has 0 aliphatic carbocycles. The van der Waals surface area contributed by atoms with Crippen LogP contribution in [0.5, 0.6) is 5.75 Å². The molecule has 1 aromatic heterocycles. The first-order valence-electron chi connectivity index (χ1n) is 13.8. The van der Waals surface area contributed by atoms with Crippen LogP contribution in [0.3, 0.4) is 0 Å². The van der Waals surface area contributed by atoms with Crippen molar-refractivity contribution in [3.05, 3.63) is 71.3 Å². The number of nitrogens with zero attached hydrogens (tertiary/aromatic N) is 3. The largest absolute Gasteiger partial charge is 0.481 e. The lowest BCUT2D eigenvalue weighted by Gasteiger charge is -2.39. The van der Waals surface area contributed by atoms with Gasteiger partial charge in [-0.1, -0.05) is 29.8 Å². The molecule has 3 aromatic rings. The van der Waals surface area contributed by atoms with E-state index in [1.807, 2.05) is 18.2 Å². The van der Waals surface area contributed by atoms with Crippen molar-refractivity contribution in [3.63, 3.8) is 0 Å². The lowest BCUT2D eigenvalue weighted by atomic mass is 9.92. The van der Waals surface area contributed by atoms with Gasteiger partial charge in [0.05, 0.1) is 36.2 Å². The van der Waals surface area contributed by atoms with Gasteiger partial charge in [0, 0.05) is 55.5 Å². The van der Waals surface area contributed by atoms with E-state index in [4.69, 9.17) is 26.4 Å². The Bertz CT molecular complexity index is 1520. The molecule has 7 nitrogen and oxygen atoms in total. The summed E-state index contributed by atoms with van der Waals surface area (Å²) in [5.41, 5.74) is 2.97. The van der Waals surface area contributed by atoms with Crippen molar-refractivity contribution < 1.29 is 27.9 Å². The lowest BCUT2D eigenvalue weighted by molar-refractivity contribution is -0.827. The number of amidine groups is 1. The second kappa shape index (κ2) is 11.7. The van der Waals surface area contributed by atoms with E-state index in [0.717, 1.165) is 48.2 Å². The van der Waals surface area contributed by atoms with Crippen LogP contribution in [-0.4, -0.2) is 64.2 Å². The summed E-state index contributed by atoms with van der Waals surface area (Å²) in [5, 5.41) is 9.67. The number of piperidine rings is 1. The zero-order valence-electron chi connectivity index (χ0n) is 23.1. The fourth-order valence-electron chi connectivity index (χ4n) is 5.69. The first kappa shape index (κ1) is 29.0. The number of aliphatic carboxylic acids is 1. The summed E-state index contributed by atoms with van der Waals surface area (Å²) in [5.74, 6) is 1.26. The van der Waals surface area contributed by atoms with Crippen LogP contribution in [-0.2, 0) is 4.79 Å². The lowest BCUT2D eigenvalue weighted by Crippen LogP contribution is -2.53. The number of carboxylic acid groups (broad SMARTS) is 1. The number of hydrogen-bond donors (Lipinski definition) is 2. The molecule has 2 aliphatic rings. The zero-order valence-corrected chi connectivity index (χ0v) is 23.9. The average Bonchev–Trinajstić information content (AvgIpc) is 3.15. The number of quaternary nitrogens is 1. The Hall–Kier alpha value is -3.56. The molecule has 0 saturated carbocycles. The van der Waals surface area contributed by atoms with Crippen LogP contribution < -0.4 is 4.74 Å². The Labute approximate surface area is 242 Å². The Balaban J connectivity index is 1.29. The number of H-pyrrole nitrogens is 1. The fraction of sp³-hybridized carbons (Fsp3) is 0.387. The van der Waals surface area contributed by atoms with Gasteiger partial charge in [-0.25, -0.2) is 9.98 Å². The molecule has 2 aromatic carbocycles.